The highest BCUT2D eigenvalue weighted by Gasteiger charge is 2.21. The fraction of sp³-hybridized carbons (Fsp3) is 0.0909. The number of fused-ring (bicyclic) bond motifs is 2. The molecule has 3 heterocycles. The highest BCUT2D eigenvalue weighted by Crippen LogP contribution is 2.28. The number of hydrogen-bond acceptors (Lipinski definition) is 5. The highest BCUT2D eigenvalue weighted by atomic mass is 16.5. The summed E-state index contributed by atoms with van der Waals surface area (Å²) in [6.45, 7) is 2.43. The number of H-pyrrole nitrogens is 2. The number of ether oxygens (including phenoxy) is 1. The van der Waals surface area contributed by atoms with Crippen molar-refractivity contribution in [2.45, 2.75) is 6.92 Å². The number of nitrogens with two attached hydrogens (primary N) is 1. The van der Waals surface area contributed by atoms with Crippen molar-refractivity contribution in [3.05, 3.63) is 70.9 Å². The molecule has 3 aromatic heterocycles. The van der Waals surface area contributed by atoms with Crippen molar-refractivity contribution in [2.75, 3.05) is 6.61 Å². The summed E-state index contributed by atoms with van der Waals surface area (Å²) in [5.41, 5.74) is 7.70. The Bertz CT molecular complexity index is 1490. The van der Waals surface area contributed by atoms with Gasteiger partial charge in [-0.1, -0.05) is 18.2 Å². The summed E-state index contributed by atoms with van der Waals surface area (Å²) in [5.74, 6) is 0.220. The van der Waals surface area contributed by atoms with Gasteiger partial charge in [0.15, 0.2) is 17.2 Å². The van der Waals surface area contributed by atoms with Gasteiger partial charge in [-0.15, -0.1) is 0 Å². The van der Waals surface area contributed by atoms with Crippen LogP contribution in [0.25, 0.3) is 39.1 Å². The number of amides is 1. The monoisotopic (exact) mass is 414 g/mol. The molecule has 0 aliphatic carbocycles. The maximum atomic E-state index is 12.8. The average molecular weight is 414 g/mol. The molecular formula is C22H18N6O3. The van der Waals surface area contributed by atoms with Crippen LogP contribution in [0.2, 0.25) is 0 Å². The van der Waals surface area contributed by atoms with E-state index in [9.17, 15) is 9.59 Å². The molecule has 0 aliphatic heterocycles. The van der Waals surface area contributed by atoms with Gasteiger partial charge < -0.3 is 20.4 Å². The Morgan fingerprint density at radius 3 is 2.65 bits per heavy atom. The summed E-state index contributed by atoms with van der Waals surface area (Å²) in [6, 6.07) is 14.7. The number of imidazole rings is 1. The summed E-state index contributed by atoms with van der Waals surface area (Å²) in [6.07, 6.45) is 1.77. The van der Waals surface area contributed by atoms with Crippen LogP contribution in [0.1, 0.15) is 17.4 Å². The van der Waals surface area contributed by atoms with Gasteiger partial charge in [-0.2, -0.15) is 0 Å². The van der Waals surface area contributed by atoms with Crippen LogP contribution in [-0.2, 0) is 0 Å². The molecule has 0 spiro atoms. The number of hydrogen-bond donors (Lipinski definition) is 3. The van der Waals surface area contributed by atoms with E-state index < -0.39 is 11.6 Å². The molecule has 0 saturated heterocycles. The predicted molar refractivity (Wildman–Crippen MR) is 116 cm³/mol. The van der Waals surface area contributed by atoms with Gasteiger partial charge in [0, 0.05) is 22.7 Å². The highest BCUT2D eigenvalue weighted by molar-refractivity contribution is 6.03. The van der Waals surface area contributed by atoms with Gasteiger partial charge in [0.2, 0.25) is 0 Å². The second kappa shape index (κ2) is 7.13. The number of nitrogens with zero attached hydrogens (tertiary/aromatic N) is 3. The Morgan fingerprint density at radius 1 is 1.13 bits per heavy atom. The third-order valence-corrected chi connectivity index (χ3v) is 5.01. The van der Waals surface area contributed by atoms with Crippen molar-refractivity contribution in [3.8, 4) is 22.8 Å². The standard InChI is InChI=1S/C22H18N6O3/c1-2-31-13-9-7-12(8-10-13)28-21-18(26-22(28)30)17(19(23)29)25-20(27-21)15-11-24-16-6-4-3-5-14(15)16/h3-11,24H,2H2,1H3,(H2,23,29)(H,26,30). The molecule has 1 amide bonds. The first-order chi connectivity index (χ1) is 15.1. The Balaban J connectivity index is 1.77. The van der Waals surface area contributed by atoms with Crippen molar-refractivity contribution >= 4 is 28.0 Å². The van der Waals surface area contributed by atoms with Crippen LogP contribution in [0, 0.1) is 0 Å². The van der Waals surface area contributed by atoms with Crippen molar-refractivity contribution in [3.63, 3.8) is 0 Å². The van der Waals surface area contributed by atoms with E-state index in [0.717, 1.165) is 10.9 Å². The molecule has 0 fully saturated rings. The summed E-state index contributed by atoms with van der Waals surface area (Å²) < 4.78 is 6.86. The number of aromatic nitrogens is 5. The molecule has 9 nitrogen and oxygen atoms in total. The topological polar surface area (TPSA) is 132 Å². The predicted octanol–water partition coefficient (Wildman–Crippen LogP) is 2.75. The van der Waals surface area contributed by atoms with Gasteiger partial charge in [0.25, 0.3) is 5.91 Å². The molecule has 0 saturated carbocycles. The van der Waals surface area contributed by atoms with Crippen LogP contribution >= 0.6 is 0 Å². The van der Waals surface area contributed by atoms with E-state index >= 15 is 0 Å². The van der Waals surface area contributed by atoms with Gasteiger partial charge in [0.1, 0.15) is 11.3 Å². The molecule has 5 aromatic rings. The first-order valence-corrected chi connectivity index (χ1v) is 9.69. The number of carbonyl (C=O) groups excluding carboxylic acids is 1. The lowest BCUT2D eigenvalue weighted by atomic mass is 10.1. The van der Waals surface area contributed by atoms with Gasteiger partial charge in [-0.3, -0.25) is 4.79 Å². The zero-order chi connectivity index (χ0) is 21.5. The summed E-state index contributed by atoms with van der Waals surface area (Å²) >= 11 is 0. The summed E-state index contributed by atoms with van der Waals surface area (Å²) in [5, 5.41) is 0.891. The molecule has 0 aliphatic rings. The molecule has 5 rings (SSSR count). The molecule has 9 heteroatoms. The minimum absolute atomic E-state index is 0.0490. The van der Waals surface area contributed by atoms with Crippen LogP contribution in [0.3, 0.4) is 0 Å². The van der Waals surface area contributed by atoms with E-state index in [1.807, 2.05) is 31.2 Å². The lowest BCUT2D eigenvalue weighted by molar-refractivity contribution is 0.0997. The Morgan fingerprint density at radius 2 is 1.90 bits per heavy atom. The fourth-order valence-corrected chi connectivity index (χ4v) is 3.64. The maximum absolute atomic E-state index is 12.8. The number of para-hydroxylation sites is 1. The normalized spacial score (nSPS) is 11.3. The molecule has 2 aromatic carbocycles. The van der Waals surface area contributed by atoms with E-state index in [1.54, 1.807) is 30.5 Å². The molecule has 4 N–H and O–H groups in total. The number of benzene rings is 2. The number of primary amides is 1. The summed E-state index contributed by atoms with van der Waals surface area (Å²) in [7, 11) is 0. The van der Waals surface area contributed by atoms with Crippen LogP contribution in [0.5, 0.6) is 5.75 Å². The van der Waals surface area contributed by atoms with Crippen LogP contribution in [-0.4, -0.2) is 37.0 Å². The third kappa shape index (κ3) is 3.03. The first kappa shape index (κ1) is 18.6. The van der Waals surface area contributed by atoms with E-state index in [4.69, 9.17) is 10.5 Å². The molecule has 154 valence electrons. The molecule has 0 atom stereocenters. The largest absolute Gasteiger partial charge is 0.494 e. The van der Waals surface area contributed by atoms with E-state index in [2.05, 4.69) is 19.9 Å². The fourth-order valence-electron chi connectivity index (χ4n) is 3.64. The van der Waals surface area contributed by atoms with Crippen LogP contribution in [0.4, 0.5) is 0 Å². The molecule has 0 bridgehead atoms. The maximum Gasteiger partial charge on any atom is 0.332 e. The lowest BCUT2D eigenvalue weighted by Crippen LogP contribution is -2.15. The van der Waals surface area contributed by atoms with Crippen molar-refractivity contribution < 1.29 is 9.53 Å². The Hall–Kier alpha value is -4.40. The molecule has 0 radical (unpaired) electrons. The SMILES string of the molecule is CCOc1ccc(-n2c(=O)[nH]c3c(C(N)=O)nc(-c4c[nH]c5ccccc45)nc32)cc1. The van der Waals surface area contributed by atoms with Crippen molar-refractivity contribution in [2.24, 2.45) is 5.73 Å². The molecule has 31 heavy (non-hydrogen) atoms. The van der Waals surface area contributed by atoms with E-state index in [-0.39, 0.29) is 22.7 Å². The Labute approximate surface area is 175 Å². The minimum atomic E-state index is -0.756. The first-order valence-electron chi connectivity index (χ1n) is 9.69. The average Bonchev–Trinajstić information content (AvgIpc) is 3.34. The molecule has 0 unspecified atom stereocenters. The number of carbonyl (C=O) groups is 1. The van der Waals surface area contributed by atoms with Crippen molar-refractivity contribution in [1.82, 2.24) is 24.5 Å². The number of rotatable bonds is 5. The zero-order valence-electron chi connectivity index (χ0n) is 16.5. The van der Waals surface area contributed by atoms with E-state index in [1.165, 1.54) is 4.57 Å². The van der Waals surface area contributed by atoms with Gasteiger partial charge in [0.05, 0.1) is 12.3 Å². The number of aromatic amines is 2. The minimum Gasteiger partial charge on any atom is -0.494 e. The lowest BCUT2D eigenvalue weighted by Gasteiger charge is -2.07. The molecular weight excluding hydrogens is 396 g/mol. The third-order valence-electron chi connectivity index (χ3n) is 5.01. The zero-order valence-corrected chi connectivity index (χ0v) is 16.5. The Kier molecular flexibility index (Phi) is 4.28. The van der Waals surface area contributed by atoms with Gasteiger partial charge in [-0.25, -0.2) is 19.3 Å². The van der Waals surface area contributed by atoms with Gasteiger partial charge in [-0.05, 0) is 37.3 Å². The quantitative estimate of drug-likeness (QED) is 0.407. The van der Waals surface area contributed by atoms with Crippen molar-refractivity contribution in [1.29, 1.82) is 0 Å². The second-order valence-electron chi connectivity index (χ2n) is 6.90. The second-order valence-corrected chi connectivity index (χ2v) is 6.90. The smallest absolute Gasteiger partial charge is 0.332 e. The van der Waals surface area contributed by atoms with E-state index in [0.29, 0.717) is 23.6 Å². The van der Waals surface area contributed by atoms with Crippen LogP contribution in [0.15, 0.2) is 59.5 Å². The van der Waals surface area contributed by atoms with Gasteiger partial charge >= 0.3 is 5.69 Å². The number of nitrogens with one attached hydrogen (secondary N) is 2. The summed E-state index contributed by atoms with van der Waals surface area (Å²) in [4.78, 5) is 39.8. The van der Waals surface area contributed by atoms with Crippen LogP contribution < -0.4 is 16.2 Å².